The van der Waals surface area contributed by atoms with E-state index in [9.17, 15) is 0 Å². The van der Waals surface area contributed by atoms with Crippen molar-refractivity contribution in [2.24, 2.45) is 5.92 Å². The van der Waals surface area contributed by atoms with E-state index in [0.717, 1.165) is 22.6 Å². The van der Waals surface area contributed by atoms with Crippen molar-refractivity contribution in [2.75, 3.05) is 0 Å². The molecular weight excluding hydrogens is 246 g/mol. The molecule has 2 aliphatic carbocycles. The number of nitrogens with zero attached hydrogens (tertiary/aromatic N) is 3. The van der Waals surface area contributed by atoms with Crippen LogP contribution in [0.5, 0.6) is 0 Å². The molecule has 2 atom stereocenters. The molecule has 1 fully saturated rings. The van der Waals surface area contributed by atoms with Gasteiger partial charge in [-0.1, -0.05) is 32.1 Å². The molecule has 0 N–H and O–H groups in total. The summed E-state index contributed by atoms with van der Waals surface area (Å²) in [6.45, 7) is 4.00. The quantitative estimate of drug-likeness (QED) is 0.612. The number of fused-ring (bicyclic) bond motifs is 7. The summed E-state index contributed by atoms with van der Waals surface area (Å²) in [4.78, 5) is 9.43. The smallest absolute Gasteiger partial charge is 0.137 e. The van der Waals surface area contributed by atoms with Gasteiger partial charge < -0.3 is 0 Å². The Kier molecular flexibility index (Phi) is 2.43. The van der Waals surface area contributed by atoms with E-state index in [4.69, 9.17) is 4.98 Å². The van der Waals surface area contributed by atoms with Crippen LogP contribution in [0.4, 0.5) is 0 Å². The zero-order valence-corrected chi connectivity index (χ0v) is 11.7. The Morgan fingerprint density at radius 2 is 2.15 bits per heavy atom. The lowest BCUT2D eigenvalue weighted by molar-refractivity contribution is 0.942. The third kappa shape index (κ3) is 1.46. The van der Waals surface area contributed by atoms with Crippen LogP contribution in [-0.2, 0) is 0 Å². The van der Waals surface area contributed by atoms with E-state index >= 15 is 0 Å². The van der Waals surface area contributed by atoms with Gasteiger partial charge in [0.25, 0.3) is 0 Å². The maximum atomic E-state index is 4.75. The molecule has 0 aliphatic heterocycles. The van der Waals surface area contributed by atoms with E-state index in [-0.39, 0.29) is 0 Å². The molecule has 2 unspecified atom stereocenters. The standard InChI is InChI=1S/C15H11N3.C2H6/c1-2-6-18-12-8-16-14-10(5-4-9-7-11(9)14)15(12)17-13(18)3-1;1-2/h1-6,8-9,11H,7H2;1-2H3. The monoisotopic (exact) mass is 263 g/mol. The van der Waals surface area contributed by atoms with Crippen LogP contribution in [0.15, 0.2) is 36.7 Å². The highest BCUT2D eigenvalue weighted by molar-refractivity contribution is 5.89. The minimum Gasteiger partial charge on any atom is -0.298 e. The minimum absolute atomic E-state index is 0.652. The Balaban J connectivity index is 0.000000509. The Morgan fingerprint density at radius 1 is 1.25 bits per heavy atom. The number of aromatic nitrogens is 3. The van der Waals surface area contributed by atoms with Gasteiger partial charge >= 0.3 is 0 Å². The number of hydrogen-bond donors (Lipinski definition) is 0. The van der Waals surface area contributed by atoms with Gasteiger partial charge in [-0.3, -0.25) is 9.38 Å². The fraction of sp³-hybridized carbons (Fsp3) is 0.294. The number of rotatable bonds is 0. The maximum Gasteiger partial charge on any atom is 0.137 e. The maximum absolute atomic E-state index is 4.75. The van der Waals surface area contributed by atoms with Crippen molar-refractivity contribution in [1.82, 2.24) is 14.4 Å². The van der Waals surface area contributed by atoms with Crippen molar-refractivity contribution in [3.05, 3.63) is 47.9 Å². The normalized spacial score (nSPS) is 22.1. The number of hydrogen-bond acceptors (Lipinski definition) is 2. The van der Waals surface area contributed by atoms with Gasteiger partial charge in [0.1, 0.15) is 11.2 Å². The van der Waals surface area contributed by atoms with Crippen LogP contribution in [0.3, 0.4) is 0 Å². The average Bonchev–Trinajstić information content (AvgIpc) is 3.22. The van der Waals surface area contributed by atoms with Crippen LogP contribution in [0.1, 0.15) is 37.4 Å². The van der Waals surface area contributed by atoms with Gasteiger partial charge in [-0.25, -0.2) is 4.98 Å². The molecule has 2 aliphatic rings. The van der Waals surface area contributed by atoms with Crippen LogP contribution in [0.2, 0.25) is 0 Å². The summed E-state index contributed by atoms with van der Waals surface area (Å²) in [6, 6.07) is 6.09. The van der Waals surface area contributed by atoms with Crippen molar-refractivity contribution in [1.29, 1.82) is 0 Å². The molecule has 3 aromatic rings. The van der Waals surface area contributed by atoms with E-state index in [1.165, 1.54) is 17.7 Å². The van der Waals surface area contributed by atoms with E-state index in [1.54, 1.807) is 0 Å². The van der Waals surface area contributed by atoms with E-state index in [1.807, 2.05) is 44.4 Å². The topological polar surface area (TPSA) is 30.2 Å². The molecule has 0 saturated heterocycles. The average molecular weight is 263 g/mol. The predicted octanol–water partition coefficient (Wildman–Crippen LogP) is 4.04. The van der Waals surface area contributed by atoms with E-state index in [2.05, 4.69) is 21.5 Å². The molecule has 0 radical (unpaired) electrons. The van der Waals surface area contributed by atoms with E-state index < -0.39 is 0 Å². The first-order valence-electron chi connectivity index (χ1n) is 7.36. The van der Waals surface area contributed by atoms with Gasteiger partial charge in [-0.2, -0.15) is 0 Å². The second kappa shape index (κ2) is 4.17. The first-order chi connectivity index (χ1) is 9.92. The van der Waals surface area contributed by atoms with Gasteiger partial charge in [-0.05, 0) is 24.5 Å². The lowest BCUT2D eigenvalue weighted by Crippen LogP contribution is -1.97. The molecule has 0 spiro atoms. The highest BCUT2D eigenvalue weighted by atomic mass is 15.0. The molecule has 3 nitrogen and oxygen atoms in total. The summed E-state index contributed by atoms with van der Waals surface area (Å²) < 4.78 is 2.11. The van der Waals surface area contributed by atoms with Gasteiger partial charge in [0.05, 0.1) is 17.4 Å². The lowest BCUT2D eigenvalue weighted by atomic mass is 10.0. The zero-order chi connectivity index (χ0) is 13.7. The SMILES string of the molecule is C1=CC2CC2c2ncc3c(nc4ccccn43)c21.CC. The first kappa shape index (κ1) is 11.6. The van der Waals surface area contributed by atoms with Crippen molar-refractivity contribution < 1.29 is 0 Å². The van der Waals surface area contributed by atoms with Crippen LogP contribution < -0.4 is 0 Å². The van der Waals surface area contributed by atoms with Crippen LogP contribution in [0, 0.1) is 5.92 Å². The Morgan fingerprint density at radius 3 is 3.05 bits per heavy atom. The highest BCUT2D eigenvalue weighted by Crippen LogP contribution is 2.52. The summed E-state index contributed by atoms with van der Waals surface area (Å²) in [5, 5.41) is 0. The van der Waals surface area contributed by atoms with Crippen molar-refractivity contribution >= 4 is 22.8 Å². The van der Waals surface area contributed by atoms with Gasteiger partial charge in [0.2, 0.25) is 0 Å². The highest BCUT2D eigenvalue weighted by Gasteiger charge is 2.41. The van der Waals surface area contributed by atoms with Crippen LogP contribution >= 0.6 is 0 Å². The number of imidazole rings is 1. The molecule has 1 saturated carbocycles. The second-order valence-electron chi connectivity index (χ2n) is 5.20. The summed E-state index contributed by atoms with van der Waals surface area (Å²) in [6.07, 6.45) is 9.81. The van der Waals surface area contributed by atoms with Crippen molar-refractivity contribution in [2.45, 2.75) is 26.2 Å². The number of allylic oxidation sites excluding steroid dienone is 1. The summed E-state index contributed by atoms with van der Waals surface area (Å²) in [5.41, 5.74) is 5.67. The molecule has 3 heteroatoms. The lowest BCUT2D eigenvalue weighted by Gasteiger charge is -2.08. The summed E-state index contributed by atoms with van der Waals surface area (Å²) >= 11 is 0. The Labute approximate surface area is 118 Å². The fourth-order valence-electron chi connectivity index (χ4n) is 3.08. The first-order valence-corrected chi connectivity index (χ1v) is 7.36. The molecular formula is C17H17N3. The van der Waals surface area contributed by atoms with Crippen LogP contribution in [0.25, 0.3) is 22.8 Å². The van der Waals surface area contributed by atoms with Gasteiger partial charge in [0.15, 0.2) is 0 Å². The molecule has 0 amide bonds. The molecule has 5 rings (SSSR count). The van der Waals surface area contributed by atoms with Gasteiger partial charge in [-0.15, -0.1) is 0 Å². The molecule has 0 aromatic carbocycles. The Hall–Kier alpha value is -2.16. The zero-order valence-electron chi connectivity index (χ0n) is 11.7. The molecule has 100 valence electrons. The third-order valence-corrected chi connectivity index (χ3v) is 4.12. The number of pyridine rings is 2. The fourth-order valence-corrected chi connectivity index (χ4v) is 3.08. The van der Waals surface area contributed by atoms with E-state index in [0.29, 0.717) is 5.92 Å². The van der Waals surface area contributed by atoms with Crippen molar-refractivity contribution in [3.8, 4) is 0 Å². The third-order valence-electron chi connectivity index (χ3n) is 4.12. The minimum atomic E-state index is 0.652. The molecule has 0 bridgehead atoms. The molecule has 20 heavy (non-hydrogen) atoms. The predicted molar refractivity (Wildman–Crippen MR) is 81.7 cm³/mol. The van der Waals surface area contributed by atoms with Crippen molar-refractivity contribution in [3.63, 3.8) is 0 Å². The summed E-state index contributed by atoms with van der Waals surface area (Å²) in [5.74, 6) is 1.39. The Bertz CT molecular complexity index is 829. The largest absolute Gasteiger partial charge is 0.298 e. The van der Waals surface area contributed by atoms with Gasteiger partial charge in [0, 0.05) is 17.7 Å². The van der Waals surface area contributed by atoms with Crippen LogP contribution in [-0.4, -0.2) is 14.4 Å². The summed E-state index contributed by atoms with van der Waals surface area (Å²) in [7, 11) is 0. The molecule has 3 heterocycles. The second-order valence-corrected chi connectivity index (χ2v) is 5.20. The molecule has 3 aromatic heterocycles.